The highest BCUT2D eigenvalue weighted by Gasteiger charge is 2.39. The number of benzene rings is 3. The van der Waals surface area contributed by atoms with Crippen molar-refractivity contribution >= 4 is 69.6 Å². The van der Waals surface area contributed by atoms with Gasteiger partial charge in [-0.25, -0.2) is 4.90 Å². The van der Waals surface area contributed by atoms with Crippen molar-refractivity contribution in [2.24, 2.45) is 0 Å². The van der Waals surface area contributed by atoms with Gasteiger partial charge in [-0.15, -0.1) is 0 Å². The second kappa shape index (κ2) is 9.27. The van der Waals surface area contributed by atoms with Crippen LogP contribution in [0.3, 0.4) is 0 Å². The maximum atomic E-state index is 13.0. The Bertz CT molecular complexity index is 1320. The molecular formula is C24H16Cl3N3O3. The van der Waals surface area contributed by atoms with Gasteiger partial charge in [0.1, 0.15) is 10.7 Å². The van der Waals surface area contributed by atoms with Crippen LogP contribution in [0.15, 0.2) is 77.5 Å². The van der Waals surface area contributed by atoms with Crippen molar-refractivity contribution in [2.75, 3.05) is 15.5 Å². The average Bonchev–Trinajstić information content (AvgIpc) is 3.00. The molecule has 0 aliphatic carbocycles. The molecule has 4 rings (SSSR count). The molecule has 0 aromatic heterocycles. The zero-order chi connectivity index (χ0) is 23.7. The zero-order valence-corrected chi connectivity index (χ0v) is 19.4. The van der Waals surface area contributed by atoms with E-state index in [-0.39, 0.29) is 16.6 Å². The van der Waals surface area contributed by atoms with E-state index in [1.807, 2.05) is 0 Å². The van der Waals surface area contributed by atoms with Crippen LogP contribution < -0.4 is 15.5 Å². The summed E-state index contributed by atoms with van der Waals surface area (Å²) in [7, 11) is 0. The minimum Gasteiger partial charge on any atom is -0.350 e. The van der Waals surface area contributed by atoms with Crippen LogP contribution in [0.4, 0.5) is 17.1 Å². The molecule has 0 fully saturated rings. The van der Waals surface area contributed by atoms with Gasteiger partial charge in [0.25, 0.3) is 17.7 Å². The van der Waals surface area contributed by atoms with Gasteiger partial charge in [-0.05, 0) is 61.0 Å². The zero-order valence-electron chi connectivity index (χ0n) is 17.2. The van der Waals surface area contributed by atoms with Crippen LogP contribution in [0, 0.1) is 6.92 Å². The van der Waals surface area contributed by atoms with E-state index in [0.717, 1.165) is 4.90 Å². The molecule has 166 valence electrons. The summed E-state index contributed by atoms with van der Waals surface area (Å²) >= 11 is 18.3. The number of aryl methyl sites for hydroxylation is 1. The quantitative estimate of drug-likeness (QED) is 0.422. The number of hydrogen-bond donors (Lipinski definition) is 2. The molecule has 6 nitrogen and oxygen atoms in total. The van der Waals surface area contributed by atoms with Gasteiger partial charge in [-0.1, -0.05) is 53.0 Å². The van der Waals surface area contributed by atoms with Crippen molar-refractivity contribution in [1.82, 2.24) is 0 Å². The summed E-state index contributed by atoms with van der Waals surface area (Å²) < 4.78 is 0. The number of para-hydroxylation sites is 1. The minimum absolute atomic E-state index is 0.0608. The van der Waals surface area contributed by atoms with Crippen LogP contribution in [-0.2, 0) is 9.59 Å². The molecule has 3 amide bonds. The number of nitrogens with zero attached hydrogens (tertiary/aromatic N) is 1. The number of halogens is 3. The lowest BCUT2D eigenvalue weighted by Gasteiger charge is -2.17. The van der Waals surface area contributed by atoms with Gasteiger partial charge in [0.05, 0.1) is 16.4 Å². The van der Waals surface area contributed by atoms with E-state index in [0.29, 0.717) is 38.2 Å². The number of rotatable bonds is 5. The van der Waals surface area contributed by atoms with Crippen molar-refractivity contribution in [2.45, 2.75) is 6.92 Å². The molecule has 33 heavy (non-hydrogen) atoms. The van der Waals surface area contributed by atoms with Crippen LogP contribution in [0.1, 0.15) is 15.9 Å². The number of nitrogens with one attached hydrogen (secondary N) is 2. The Kier molecular flexibility index (Phi) is 6.42. The van der Waals surface area contributed by atoms with E-state index >= 15 is 0 Å². The normalized spacial score (nSPS) is 13.5. The van der Waals surface area contributed by atoms with Crippen molar-refractivity contribution in [3.8, 4) is 0 Å². The largest absolute Gasteiger partial charge is 0.350 e. The van der Waals surface area contributed by atoms with E-state index in [1.54, 1.807) is 67.6 Å². The monoisotopic (exact) mass is 499 g/mol. The van der Waals surface area contributed by atoms with Crippen molar-refractivity contribution in [1.29, 1.82) is 0 Å². The summed E-state index contributed by atoms with van der Waals surface area (Å²) in [6.07, 6.45) is 0. The highest BCUT2D eigenvalue weighted by molar-refractivity contribution is 6.53. The highest BCUT2D eigenvalue weighted by Crippen LogP contribution is 2.33. The number of amides is 3. The Labute approximate surface area is 204 Å². The van der Waals surface area contributed by atoms with Gasteiger partial charge in [0, 0.05) is 16.3 Å². The fraction of sp³-hybridized carbons (Fsp3) is 0.0417. The molecule has 0 saturated heterocycles. The first-order valence-corrected chi connectivity index (χ1v) is 10.9. The Hall–Kier alpha value is -3.32. The second-order valence-corrected chi connectivity index (χ2v) is 8.42. The summed E-state index contributed by atoms with van der Waals surface area (Å²) in [6.45, 7) is 1.76. The van der Waals surface area contributed by atoms with Gasteiger partial charge < -0.3 is 10.6 Å². The lowest BCUT2D eigenvalue weighted by molar-refractivity contribution is -0.120. The Morgan fingerprint density at radius 2 is 1.58 bits per heavy atom. The summed E-state index contributed by atoms with van der Waals surface area (Å²) in [5, 5.41) is 6.19. The molecule has 9 heteroatoms. The number of anilines is 3. The summed E-state index contributed by atoms with van der Waals surface area (Å²) in [6, 6.07) is 18.2. The van der Waals surface area contributed by atoms with Crippen LogP contribution in [0.2, 0.25) is 10.0 Å². The van der Waals surface area contributed by atoms with E-state index in [4.69, 9.17) is 34.8 Å². The first kappa shape index (κ1) is 22.9. The number of carbonyl (C=O) groups is 3. The predicted molar refractivity (Wildman–Crippen MR) is 131 cm³/mol. The SMILES string of the molecule is Cc1ccc(Cl)cc1N1C(=O)C(Cl)=C(Nc2ccc(C(=O)Nc3ccccc3Cl)cc2)C1=O. The first-order chi connectivity index (χ1) is 15.8. The molecule has 1 aliphatic rings. The lowest BCUT2D eigenvalue weighted by atomic mass is 10.1. The third kappa shape index (κ3) is 4.59. The molecular weight excluding hydrogens is 485 g/mol. The number of imide groups is 1. The lowest BCUT2D eigenvalue weighted by Crippen LogP contribution is -2.32. The Balaban J connectivity index is 1.51. The molecule has 3 aromatic carbocycles. The predicted octanol–water partition coefficient (Wildman–Crippen LogP) is 5.99. The third-order valence-electron chi connectivity index (χ3n) is 4.98. The molecule has 0 radical (unpaired) electrons. The van der Waals surface area contributed by atoms with E-state index in [9.17, 15) is 14.4 Å². The van der Waals surface area contributed by atoms with Crippen LogP contribution in [-0.4, -0.2) is 17.7 Å². The molecule has 1 heterocycles. The smallest absolute Gasteiger partial charge is 0.283 e. The molecule has 0 spiro atoms. The van der Waals surface area contributed by atoms with E-state index in [2.05, 4.69) is 10.6 Å². The van der Waals surface area contributed by atoms with Gasteiger partial charge in [-0.2, -0.15) is 0 Å². The van der Waals surface area contributed by atoms with Gasteiger partial charge in [-0.3, -0.25) is 14.4 Å². The standard InChI is InChI=1S/C24H16Cl3N3O3/c1-13-6-9-15(25)12-19(13)30-23(32)20(27)21(24(30)33)28-16-10-7-14(8-11-16)22(31)29-18-5-3-2-4-17(18)26/h2-12,28H,1H3,(H,29,31). The molecule has 0 bridgehead atoms. The van der Waals surface area contributed by atoms with Crippen LogP contribution >= 0.6 is 34.8 Å². The summed E-state index contributed by atoms with van der Waals surface area (Å²) in [4.78, 5) is 39.2. The van der Waals surface area contributed by atoms with Crippen LogP contribution in [0.5, 0.6) is 0 Å². The number of hydrogen-bond acceptors (Lipinski definition) is 4. The maximum Gasteiger partial charge on any atom is 0.283 e. The fourth-order valence-corrected chi connectivity index (χ4v) is 3.82. The Morgan fingerprint density at radius 3 is 2.27 bits per heavy atom. The summed E-state index contributed by atoms with van der Waals surface area (Å²) in [5.74, 6) is -1.59. The molecule has 3 aromatic rings. The molecule has 0 unspecified atom stereocenters. The minimum atomic E-state index is -0.648. The fourth-order valence-electron chi connectivity index (χ4n) is 3.26. The summed E-state index contributed by atoms with van der Waals surface area (Å²) in [5.41, 5.74) is 2.35. The molecule has 1 aliphatic heterocycles. The first-order valence-electron chi connectivity index (χ1n) is 9.74. The van der Waals surface area contributed by atoms with Gasteiger partial charge in [0.15, 0.2) is 0 Å². The van der Waals surface area contributed by atoms with Gasteiger partial charge >= 0.3 is 0 Å². The average molecular weight is 501 g/mol. The highest BCUT2D eigenvalue weighted by atomic mass is 35.5. The van der Waals surface area contributed by atoms with Crippen molar-refractivity contribution in [3.05, 3.63) is 98.6 Å². The molecule has 0 saturated carbocycles. The second-order valence-electron chi connectivity index (χ2n) is 7.20. The van der Waals surface area contributed by atoms with E-state index in [1.165, 1.54) is 6.07 Å². The number of carbonyl (C=O) groups excluding carboxylic acids is 3. The molecule has 0 atom stereocenters. The topological polar surface area (TPSA) is 78.5 Å². The molecule has 2 N–H and O–H groups in total. The van der Waals surface area contributed by atoms with E-state index < -0.39 is 11.8 Å². The van der Waals surface area contributed by atoms with Crippen molar-refractivity contribution in [3.63, 3.8) is 0 Å². The van der Waals surface area contributed by atoms with Crippen molar-refractivity contribution < 1.29 is 14.4 Å². The third-order valence-corrected chi connectivity index (χ3v) is 5.89. The Morgan fingerprint density at radius 1 is 0.879 bits per heavy atom. The van der Waals surface area contributed by atoms with Gasteiger partial charge in [0.2, 0.25) is 0 Å². The maximum absolute atomic E-state index is 13.0. The van der Waals surface area contributed by atoms with Crippen LogP contribution in [0.25, 0.3) is 0 Å².